The predicted molar refractivity (Wildman–Crippen MR) is 122 cm³/mol. The smallest absolute Gasteiger partial charge is 0.338 e. The third kappa shape index (κ3) is 6.97. The van der Waals surface area contributed by atoms with Crippen molar-refractivity contribution in [1.82, 2.24) is 10.6 Å². The van der Waals surface area contributed by atoms with Crippen LogP contribution < -0.4 is 15.5 Å². The summed E-state index contributed by atoms with van der Waals surface area (Å²) in [5.74, 6) is -0.376. The van der Waals surface area contributed by atoms with Gasteiger partial charge in [0.1, 0.15) is 0 Å². The molecule has 2 aromatic carbocycles. The molecule has 2 aromatic rings. The Labute approximate surface area is 192 Å². The number of alkyl halides is 3. The highest BCUT2D eigenvalue weighted by Crippen LogP contribution is 2.32. The van der Waals surface area contributed by atoms with E-state index in [4.69, 9.17) is 0 Å². The minimum absolute atomic E-state index is 0.165. The van der Waals surface area contributed by atoms with Crippen LogP contribution in [0.3, 0.4) is 0 Å². The Kier molecular flexibility index (Phi) is 8.36. The van der Waals surface area contributed by atoms with Gasteiger partial charge in [-0.15, -0.1) is 0 Å². The minimum Gasteiger partial charge on any atom is -0.338 e. The van der Waals surface area contributed by atoms with Crippen LogP contribution in [0.1, 0.15) is 60.0 Å². The zero-order valence-electron chi connectivity index (χ0n) is 18.8. The molecule has 0 saturated heterocycles. The summed E-state index contributed by atoms with van der Waals surface area (Å²) < 4.78 is 39.7. The van der Waals surface area contributed by atoms with Crippen LogP contribution in [0.5, 0.6) is 0 Å². The average Bonchev–Trinajstić information content (AvgIpc) is 2.79. The van der Waals surface area contributed by atoms with E-state index in [9.17, 15) is 22.8 Å². The summed E-state index contributed by atoms with van der Waals surface area (Å²) in [7, 11) is 0. The summed E-state index contributed by atoms with van der Waals surface area (Å²) in [5, 5.41) is 5.76. The van der Waals surface area contributed by atoms with Crippen LogP contribution in [0.4, 0.5) is 23.7 Å². The zero-order chi connectivity index (χ0) is 23.8. The lowest BCUT2D eigenvalue weighted by atomic mass is 9.96. The number of amides is 3. The molecule has 0 unspecified atom stereocenters. The van der Waals surface area contributed by atoms with Crippen molar-refractivity contribution in [2.75, 3.05) is 18.0 Å². The summed E-state index contributed by atoms with van der Waals surface area (Å²) in [5.41, 5.74) is 0.527. The van der Waals surface area contributed by atoms with Gasteiger partial charge in [-0.25, -0.2) is 4.79 Å². The largest absolute Gasteiger partial charge is 0.416 e. The number of nitrogens with one attached hydrogen (secondary N) is 2. The second-order valence-corrected chi connectivity index (χ2v) is 8.41. The minimum atomic E-state index is -4.51. The third-order valence-corrected chi connectivity index (χ3v) is 5.89. The van der Waals surface area contributed by atoms with Gasteiger partial charge in [0, 0.05) is 30.4 Å². The number of rotatable bonds is 7. The van der Waals surface area contributed by atoms with Crippen molar-refractivity contribution >= 4 is 17.6 Å². The fourth-order valence-electron chi connectivity index (χ4n) is 4.08. The first kappa shape index (κ1) is 24.6. The van der Waals surface area contributed by atoms with Crippen LogP contribution in [-0.4, -0.2) is 31.1 Å². The third-order valence-electron chi connectivity index (χ3n) is 5.89. The molecule has 0 radical (unpaired) electrons. The van der Waals surface area contributed by atoms with E-state index >= 15 is 0 Å². The molecule has 1 fully saturated rings. The van der Waals surface area contributed by atoms with E-state index in [1.807, 2.05) is 0 Å². The van der Waals surface area contributed by atoms with Crippen LogP contribution in [0.25, 0.3) is 0 Å². The highest BCUT2D eigenvalue weighted by atomic mass is 19.4. The highest BCUT2D eigenvalue weighted by molar-refractivity contribution is 6.07. The van der Waals surface area contributed by atoms with Gasteiger partial charge in [-0.05, 0) is 56.0 Å². The summed E-state index contributed by atoms with van der Waals surface area (Å²) in [6, 6.07) is 11.7. The molecule has 0 atom stereocenters. The van der Waals surface area contributed by atoms with E-state index in [1.165, 1.54) is 23.5 Å². The Hall–Kier alpha value is -3.03. The Balaban J connectivity index is 1.68. The maximum Gasteiger partial charge on any atom is 0.416 e. The zero-order valence-corrected chi connectivity index (χ0v) is 18.8. The first-order valence-corrected chi connectivity index (χ1v) is 11.3. The molecular formula is C25H30F3N3O2. The summed E-state index contributed by atoms with van der Waals surface area (Å²) in [4.78, 5) is 26.8. The van der Waals surface area contributed by atoms with Crippen molar-refractivity contribution < 1.29 is 22.8 Å². The van der Waals surface area contributed by atoms with Crippen molar-refractivity contribution in [2.24, 2.45) is 0 Å². The molecule has 0 bridgehead atoms. The van der Waals surface area contributed by atoms with E-state index in [2.05, 4.69) is 10.6 Å². The molecule has 1 saturated carbocycles. The standard InChI is InChI=1S/C25H30F3N3O2/c1-18-9-5-6-14-22(18)23(32)31(21-13-7-10-19(17-21)25(26,27)28)16-8-15-29-24(33)30-20-11-3-2-4-12-20/h5-7,9-10,13-14,17,20H,2-4,8,11-12,15-16H2,1H3,(H2,29,30,33). The molecule has 0 aliphatic heterocycles. The predicted octanol–water partition coefficient (Wildman–Crippen LogP) is 5.68. The molecule has 1 aliphatic rings. The molecule has 0 heterocycles. The molecule has 33 heavy (non-hydrogen) atoms. The van der Waals surface area contributed by atoms with Gasteiger partial charge in [-0.1, -0.05) is 43.5 Å². The first-order chi connectivity index (χ1) is 15.8. The number of anilines is 1. The first-order valence-electron chi connectivity index (χ1n) is 11.3. The fourth-order valence-corrected chi connectivity index (χ4v) is 4.08. The van der Waals surface area contributed by atoms with E-state index < -0.39 is 11.7 Å². The number of aryl methyl sites for hydroxylation is 1. The van der Waals surface area contributed by atoms with Gasteiger partial charge < -0.3 is 15.5 Å². The summed E-state index contributed by atoms with van der Waals surface area (Å²) in [6.07, 6.45) is 1.25. The van der Waals surface area contributed by atoms with E-state index in [-0.39, 0.29) is 30.2 Å². The number of halogens is 3. The van der Waals surface area contributed by atoms with Gasteiger partial charge in [-0.2, -0.15) is 13.2 Å². The lowest BCUT2D eigenvalue weighted by Crippen LogP contribution is -2.43. The number of carbonyl (C=O) groups excluding carboxylic acids is 2. The molecule has 0 aromatic heterocycles. The fraction of sp³-hybridized carbons (Fsp3) is 0.440. The number of hydrogen-bond donors (Lipinski definition) is 2. The molecule has 8 heteroatoms. The lowest BCUT2D eigenvalue weighted by molar-refractivity contribution is -0.137. The van der Waals surface area contributed by atoms with Gasteiger partial charge >= 0.3 is 12.2 Å². The second-order valence-electron chi connectivity index (χ2n) is 8.41. The van der Waals surface area contributed by atoms with E-state index in [0.717, 1.165) is 43.4 Å². The molecule has 3 rings (SSSR count). The van der Waals surface area contributed by atoms with Crippen LogP contribution in [-0.2, 0) is 6.18 Å². The maximum atomic E-state index is 13.3. The van der Waals surface area contributed by atoms with Crippen LogP contribution in [0, 0.1) is 6.92 Å². The van der Waals surface area contributed by atoms with Gasteiger partial charge in [0.2, 0.25) is 0 Å². The van der Waals surface area contributed by atoms with Crippen molar-refractivity contribution in [3.63, 3.8) is 0 Å². The van der Waals surface area contributed by atoms with E-state index in [1.54, 1.807) is 31.2 Å². The van der Waals surface area contributed by atoms with Crippen molar-refractivity contribution in [3.8, 4) is 0 Å². The second kappa shape index (κ2) is 11.2. The van der Waals surface area contributed by atoms with Crippen molar-refractivity contribution in [3.05, 3.63) is 65.2 Å². The normalized spacial score (nSPS) is 14.5. The Bertz CT molecular complexity index is 956. The molecular weight excluding hydrogens is 431 g/mol. The maximum absolute atomic E-state index is 13.3. The SMILES string of the molecule is Cc1ccccc1C(=O)N(CCCNC(=O)NC1CCCCC1)c1cccc(C(F)(F)F)c1. The number of nitrogens with zero attached hydrogens (tertiary/aromatic N) is 1. The lowest BCUT2D eigenvalue weighted by Gasteiger charge is -2.25. The quantitative estimate of drug-likeness (QED) is 0.521. The number of carbonyl (C=O) groups is 2. The van der Waals surface area contributed by atoms with Gasteiger partial charge in [0.05, 0.1) is 5.56 Å². The van der Waals surface area contributed by atoms with Crippen LogP contribution in [0.2, 0.25) is 0 Å². The van der Waals surface area contributed by atoms with Crippen molar-refractivity contribution in [1.29, 1.82) is 0 Å². The van der Waals surface area contributed by atoms with Crippen LogP contribution in [0.15, 0.2) is 48.5 Å². The highest BCUT2D eigenvalue weighted by Gasteiger charge is 2.31. The topological polar surface area (TPSA) is 61.4 Å². The molecule has 2 N–H and O–H groups in total. The Morgan fingerprint density at radius 2 is 1.76 bits per heavy atom. The average molecular weight is 462 g/mol. The Morgan fingerprint density at radius 1 is 1.03 bits per heavy atom. The molecule has 5 nitrogen and oxygen atoms in total. The molecule has 0 spiro atoms. The monoisotopic (exact) mass is 461 g/mol. The van der Waals surface area contributed by atoms with E-state index in [0.29, 0.717) is 18.5 Å². The summed E-state index contributed by atoms with van der Waals surface area (Å²) >= 11 is 0. The van der Waals surface area contributed by atoms with Gasteiger partial charge in [-0.3, -0.25) is 4.79 Å². The van der Waals surface area contributed by atoms with Gasteiger partial charge in [0.25, 0.3) is 5.91 Å². The number of benzene rings is 2. The molecule has 178 valence electrons. The summed E-state index contributed by atoms with van der Waals surface area (Å²) in [6.45, 7) is 2.25. The van der Waals surface area contributed by atoms with Crippen LogP contribution >= 0.6 is 0 Å². The Morgan fingerprint density at radius 3 is 2.45 bits per heavy atom. The molecule has 1 aliphatic carbocycles. The number of urea groups is 1. The number of hydrogen-bond acceptors (Lipinski definition) is 2. The van der Waals surface area contributed by atoms with Gasteiger partial charge in [0.15, 0.2) is 0 Å². The molecule has 3 amide bonds. The van der Waals surface area contributed by atoms with Crippen molar-refractivity contribution in [2.45, 2.75) is 57.7 Å².